The molecule has 2 aromatic heterocycles. The van der Waals surface area contributed by atoms with Gasteiger partial charge in [0.05, 0.1) is 16.6 Å². The molecule has 0 amide bonds. The standard InChI is InChI=1S/C23H20N3/c1-16-13-22-20(24-23-9-6-11-26(22)23)15-19(16)21-14-18(10-12-25(21)2)17-7-4-3-5-8-17/h3-8,10-15H,9H2,1-2H3/q+1. The first kappa shape index (κ1) is 15.1. The van der Waals surface area contributed by atoms with Crippen LogP contribution in [0.2, 0.25) is 0 Å². The highest BCUT2D eigenvalue weighted by atomic mass is 15.1. The zero-order valence-electron chi connectivity index (χ0n) is 15.0. The Hall–Kier alpha value is -3.20. The van der Waals surface area contributed by atoms with Crippen LogP contribution < -0.4 is 4.57 Å². The van der Waals surface area contributed by atoms with Crippen LogP contribution in [0, 0.1) is 6.92 Å². The van der Waals surface area contributed by atoms with Crippen molar-refractivity contribution in [3.63, 3.8) is 0 Å². The summed E-state index contributed by atoms with van der Waals surface area (Å²) >= 11 is 0. The van der Waals surface area contributed by atoms with Gasteiger partial charge >= 0.3 is 0 Å². The number of fused-ring (bicyclic) bond motifs is 3. The molecular weight excluding hydrogens is 318 g/mol. The molecule has 4 aromatic rings. The first-order valence-corrected chi connectivity index (χ1v) is 8.94. The number of benzene rings is 2. The fourth-order valence-electron chi connectivity index (χ4n) is 3.79. The summed E-state index contributed by atoms with van der Waals surface area (Å²) in [5.74, 6) is 1.12. The quantitative estimate of drug-likeness (QED) is 0.492. The average molecular weight is 338 g/mol. The van der Waals surface area contributed by atoms with Crippen LogP contribution in [0.15, 0.2) is 66.9 Å². The lowest BCUT2D eigenvalue weighted by Crippen LogP contribution is -2.30. The molecule has 0 atom stereocenters. The molecule has 3 nitrogen and oxygen atoms in total. The molecule has 5 rings (SSSR count). The number of hydrogen-bond donors (Lipinski definition) is 0. The molecule has 1 aliphatic heterocycles. The molecule has 2 aromatic carbocycles. The van der Waals surface area contributed by atoms with E-state index in [4.69, 9.17) is 4.98 Å². The number of rotatable bonds is 2. The van der Waals surface area contributed by atoms with Gasteiger partial charge < -0.3 is 4.57 Å². The number of imidazole rings is 1. The van der Waals surface area contributed by atoms with Crippen LogP contribution in [0.3, 0.4) is 0 Å². The highest BCUT2D eigenvalue weighted by molar-refractivity contribution is 5.86. The maximum Gasteiger partial charge on any atom is 0.213 e. The second-order valence-corrected chi connectivity index (χ2v) is 6.92. The van der Waals surface area contributed by atoms with E-state index in [0.29, 0.717) is 0 Å². The van der Waals surface area contributed by atoms with Crippen LogP contribution >= 0.6 is 0 Å². The summed E-state index contributed by atoms with van der Waals surface area (Å²) in [6, 6.07) is 19.5. The van der Waals surface area contributed by atoms with Crippen molar-refractivity contribution in [1.29, 1.82) is 0 Å². The Morgan fingerprint density at radius 3 is 2.69 bits per heavy atom. The SMILES string of the molecule is Cc1cc2c(cc1-c1cc(-c3ccccc3)cc[n+]1C)nc1n2C=CC1. The highest BCUT2D eigenvalue weighted by Gasteiger charge is 2.18. The number of allylic oxidation sites excluding steroid dienone is 1. The third-order valence-corrected chi connectivity index (χ3v) is 5.20. The van der Waals surface area contributed by atoms with Gasteiger partial charge in [-0.05, 0) is 35.7 Å². The van der Waals surface area contributed by atoms with Crippen LogP contribution in [0.25, 0.3) is 39.6 Å². The molecule has 0 bridgehead atoms. The molecule has 3 heterocycles. The van der Waals surface area contributed by atoms with Crippen molar-refractivity contribution >= 4 is 17.2 Å². The molecule has 0 unspecified atom stereocenters. The van der Waals surface area contributed by atoms with Gasteiger partial charge in [0, 0.05) is 24.8 Å². The summed E-state index contributed by atoms with van der Waals surface area (Å²) in [4.78, 5) is 4.82. The van der Waals surface area contributed by atoms with Gasteiger partial charge in [-0.1, -0.05) is 36.4 Å². The van der Waals surface area contributed by atoms with E-state index >= 15 is 0 Å². The van der Waals surface area contributed by atoms with E-state index in [1.165, 1.54) is 33.5 Å². The topological polar surface area (TPSA) is 21.7 Å². The second kappa shape index (κ2) is 5.67. The van der Waals surface area contributed by atoms with Crippen LogP contribution in [-0.4, -0.2) is 9.55 Å². The fourth-order valence-corrected chi connectivity index (χ4v) is 3.79. The van der Waals surface area contributed by atoms with E-state index in [1.54, 1.807) is 0 Å². The van der Waals surface area contributed by atoms with E-state index < -0.39 is 0 Å². The summed E-state index contributed by atoms with van der Waals surface area (Å²) in [7, 11) is 2.10. The average Bonchev–Trinajstić information content (AvgIpc) is 3.24. The van der Waals surface area contributed by atoms with Crippen molar-refractivity contribution < 1.29 is 4.57 Å². The molecule has 0 aliphatic carbocycles. The van der Waals surface area contributed by atoms with Gasteiger partial charge in [-0.3, -0.25) is 0 Å². The van der Waals surface area contributed by atoms with Crippen molar-refractivity contribution in [1.82, 2.24) is 9.55 Å². The minimum atomic E-state index is 0.917. The number of nitrogens with zero attached hydrogens (tertiary/aromatic N) is 3. The lowest BCUT2D eigenvalue weighted by molar-refractivity contribution is -0.660. The van der Waals surface area contributed by atoms with Crippen molar-refractivity contribution in [3.05, 3.63) is 78.3 Å². The van der Waals surface area contributed by atoms with Gasteiger partial charge in [-0.15, -0.1) is 0 Å². The Kier molecular flexibility index (Phi) is 3.29. The Morgan fingerprint density at radius 2 is 1.85 bits per heavy atom. The number of aryl methyl sites for hydroxylation is 2. The van der Waals surface area contributed by atoms with Gasteiger partial charge in [0.1, 0.15) is 12.9 Å². The molecule has 0 spiro atoms. The number of hydrogen-bond acceptors (Lipinski definition) is 1. The molecule has 0 saturated heterocycles. The molecular formula is C23H20N3+. The van der Waals surface area contributed by atoms with Crippen LogP contribution in [-0.2, 0) is 13.5 Å². The Balaban J connectivity index is 1.70. The fraction of sp³-hybridized carbons (Fsp3) is 0.130. The van der Waals surface area contributed by atoms with Crippen LogP contribution in [0.5, 0.6) is 0 Å². The minimum absolute atomic E-state index is 0.917. The van der Waals surface area contributed by atoms with E-state index in [0.717, 1.165) is 17.8 Å². The van der Waals surface area contributed by atoms with E-state index in [1.807, 2.05) is 0 Å². The smallest absolute Gasteiger partial charge is 0.213 e. The molecule has 26 heavy (non-hydrogen) atoms. The van der Waals surface area contributed by atoms with Crippen molar-refractivity contribution in [2.45, 2.75) is 13.3 Å². The third-order valence-electron chi connectivity index (χ3n) is 5.20. The van der Waals surface area contributed by atoms with Gasteiger partial charge in [-0.25, -0.2) is 9.55 Å². The van der Waals surface area contributed by atoms with E-state index in [-0.39, 0.29) is 0 Å². The van der Waals surface area contributed by atoms with Gasteiger partial charge in [0.2, 0.25) is 5.69 Å². The maximum absolute atomic E-state index is 4.82. The lowest BCUT2D eigenvalue weighted by atomic mass is 10.00. The summed E-state index contributed by atoms with van der Waals surface area (Å²) in [5, 5.41) is 0. The first-order valence-electron chi connectivity index (χ1n) is 8.94. The maximum atomic E-state index is 4.82. The zero-order valence-corrected chi connectivity index (χ0v) is 15.0. The summed E-state index contributed by atoms with van der Waals surface area (Å²) < 4.78 is 4.39. The predicted molar refractivity (Wildman–Crippen MR) is 106 cm³/mol. The zero-order chi connectivity index (χ0) is 17.7. The van der Waals surface area contributed by atoms with Crippen LogP contribution in [0.4, 0.5) is 0 Å². The van der Waals surface area contributed by atoms with E-state index in [9.17, 15) is 0 Å². The molecule has 1 aliphatic rings. The summed E-state index contributed by atoms with van der Waals surface area (Å²) in [5.41, 5.74) is 8.42. The minimum Gasteiger partial charge on any atom is -0.303 e. The van der Waals surface area contributed by atoms with E-state index in [2.05, 4.69) is 96.2 Å². The molecule has 126 valence electrons. The lowest BCUT2D eigenvalue weighted by Gasteiger charge is -2.08. The number of aromatic nitrogens is 3. The second-order valence-electron chi connectivity index (χ2n) is 6.92. The first-order chi connectivity index (χ1) is 12.7. The monoisotopic (exact) mass is 338 g/mol. The Bertz CT molecular complexity index is 1170. The van der Waals surface area contributed by atoms with Gasteiger partial charge in [0.15, 0.2) is 6.20 Å². The molecule has 3 heteroatoms. The largest absolute Gasteiger partial charge is 0.303 e. The highest BCUT2D eigenvalue weighted by Crippen LogP contribution is 2.30. The molecule has 0 radical (unpaired) electrons. The van der Waals surface area contributed by atoms with Crippen molar-refractivity contribution in [2.75, 3.05) is 0 Å². The Labute approximate surface area is 152 Å². The van der Waals surface area contributed by atoms with Crippen LogP contribution in [0.1, 0.15) is 11.4 Å². The molecule has 0 fully saturated rings. The number of pyridine rings is 1. The Morgan fingerprint density at radius 1 is 1.00 bits per heavy atom. The van der Waals surface area contributed by atoms with Crippen molar-refractivity contribution in [3.8, 4) is 22.4 Å². The summed E-state index contributed by atoms with van der Waals surface area (Å²) in [6.07, 6.45) is 7.34. The van der Waals surface area contributed by atoms with Crippen molar-refractivity contribution in [2.24, 2.45) is 7.05 Å². The molecule has 0 saturated carbocycles. The third kappa shape index (κ3) is 2.28. The summed E-state index contributed by atoms with van der Waals surface area (Å²) in [6.45, 7) is 2.18. The molecule has 0 N–H and O–H groups in total. The predicted octanol–water partition coefficient (Wildman–Crippen LogP) is 4.53. The van der Waals surface area contributed by atoms with Gasteiger partial charge in [0.25, 0.3) is 0 Å². The van der Waals surface area contributed by atoms with Gasteiger partial charge in [-0.2, -0.15) is 0 Å². The normalized spacial score (nSPS) is 12.7.